The van der Waals surface area contributed by atoms with Crippen molar-refractivity contribution < 1.29 is 23.4 Å². The van der Waals surface area contributed by atoms with Crippen molar-refractivity contribution in [3.05, 3.63) is 15.8 Å². The number of aryl methyl sites for hydroxylation is 1. The lowest BCUT2D eigenvalue weighted by atomic mass is 10.3. The Balaban J connectivity index is 2.24. The second-order valence-corrected chi connectivity index (χ2v) is 7.61. The van der Waals surface area contributed by atoms with Gasteiger partial charge in [-0.3, -0.25) is 4.90 Å². The van der Waals surface area contributed by atoms with Crippen molar-refractivity contribution in [3.63, 3.8) is 0 Å². The van der Waals surface area contributed by atoms with Gasteiger partial charge in [-0.2, -0.15) is 4.31 Å². The molecule has 9 heteroatoms. The molecule has 0 aromatic carbocycles. The zero-order chi connectivity index (χ0) is 15.6. The Hall–Kier alpha value is -1.00. The second-order valence-electron chi connectivity index (χ2n) is 4.85. The minimum absolute atomic E-state index is 0.0412. The van der Waals surface area contributed by atoms with Gasteiger partial charge in [0.1, 0.15) is 9.77 Å². The number of nitrogens with zero attached hydrogens (tertiary/aromatic N) is 2. The van der Waals surface area contributed by atoms with Crippen molar-refractivity contribution >= 4 is 27.3 Å². The van der Waals surface area contributed by atoms with Crippen LogP contribution >= 0.6 is 11.3 Å². The molecule has 1 aliphatic heterocycles. The number of rotatable bonds is 5. The highest BCUT2D eigenvalue weighted by atomic mass is 32.2. The Morgan fingerprint density at radius 1 is 1.33 bits per heavy atom. The van der Waals surface area contributed by atoms with E-state index >= 15 is 0 Å². The average Bonchev–Trinajstić information content (AvgIpc) is 2.82. The number of aliphatic hydroxyl groups is 1. The van der Waals surface area contributed by atoms with Gasteiger partial charge in [-0.1, -0.05) is 0 Å². The molecule has 1 aromatic rings. The lowest BCUT2D eigenvalue weighted by Crippen LogP contribution is -2.49. The van der Waals surface area contributed by atoms with Gasteiger partial charge in [0, 0.05) is 32.7 Å². The summed E-state index contributed by atoms with van der Waals surface area (Å²) in [6, 6.07) is 0. The summed E-state index contributed by atoms with van der Waals surface area (Å²) in [6.45, 7) is 3.84. The fourth-order valence-corrected chi connectivity index (χ4v) is 5.37. The molecule has 0 aliphatic carbocycles. The number of thiophene rings is 1. The minimum atomic E-state index is -3.79. The molecule has 2 N–H and O–H groups in total. The molecule has 0 atom stereocenters. The third-order valence-corrected chi connectivity index (χ3v) is 6.76. The SMILES string of the molecule is Cc1csc(C(=O)O)c1S(=O)(=O)N1CCN(CCO)CC1. The average molecular weight is 334 g/mol. The van der Waals surface area contributed by atoms with E-state index in [2.05, 4.69) is 0 Å². The standard InChI is InChI=1S/C12H18N2O5S2/c1-9-8-20-10(12(16)17)11(9)21(18,19)14-4-2-13(3-5-14)6-7-15/h8,15H,2-7H2,1H3,(H,16,17). The number of carboxylic acids is 1. The molecule has 0 radical (unpaired) electrons. The number of sulfonamides is 1. The van der Waals surface area contributed by atoms with E-state index in [-0.39, 0.29) is 16.4 Å². The van der Waals surface area contributed by atoms with Gasteiger partial charge < -0.3 is 10.2 Å². The molecule has 1 fully saturated rings. The fourth-order valence-electron chi connectivity index (χ4n) is 2.37. The first-order valence-electron chi connectivity index (χ1n) is 6.52. The molecule has 1 aromatic heterocycles. The molecular weight excluding hydrogens is 316 g/mol. The topological polar surface area (TPSA) is 98.1 Å². The molecule has 0 amide bonds. The van der Waals surface area contributed by atoms with E-state index < -0.39 is 16.0 Å². The normalized spacial score (nSPS) is 18.0. The van der Waals surface area contributed by atoms with Crippen LogP contribution in [-0.2, 0) is 10.0 Å². The van der Waals surface area contributed by atoms with E-state index in [1.807, 2.05) is 4.90 Å². The van der Waals surface area contributed by atoms with Crippen LogP contribution in [0.4, 0.5) is 0 Å². The van der Waals surface area contributed by atoms with Gasteiger partial charge in [-0.25, -0.2) is 13.2 Å². The zero-order valence-electron chi connectivity index (χ0n) is 11.7. The van der Waals surface area contributed by atoms with E-state index in [1.54, 1.807) is 12.3 Å². The number of carboxylic acid groups (broad SMARTS) is 1. The summed E-state index contributed by atoms with van der Waals surface area (Å²) in [5, 5.41) is 19.6. The molecule has 2 heterocycles. The van der Waals surface area contributed by atoms with Gasteiger partial charge >= 0.3 is 5.97 Å². The molecule has 0 bridgehead atoms. The minimum Gasteiger partial charge on any atom is -0.477 e. The number of carbonyl (C=O) groups is 1. The highest BCUT2D eigenvalue weighted by molar-refractivity contribution is 7.89. The van der Waals surface area contributed by atoms with Crippen LogP contribution in [0.3, 0.4) is 0 Å². The Labute approximate surface area is 127 Å². The monoisotopic (exact) mass is 334 g/mol. The first-order valence-corrected chi connectivity index (χ1v) is 8.84. The molecule has 7 nitrogen and oxygen atoms in total. The van der Waals surface area contributed by atoms with Crippen LogP contribution in [-0.4, -0.2) is 73.1 Å². The predicted molar refractivity (Wildman–Crippen MR) is 78.3 cm³/mol. The quantitative estimate of drug-likeness (QED) is 0.790. The van der Waals surface area contributed by atoms with Crippen molar-refractivity contribution in [2.24, 2.45) is 0 Å². The fraction of sp³-hybridized carbons (Fsp3) is 0.583. The lowest BCUT2D eigenvalue weighted by molar-refractivity contribution is 0.0698. The largest absolute Gasteiger partial charge is 0.477 e. The summed E-state index contributed by atoms with van der Waals surface area (Å²) in [4.78, 5) is 12.9. The van der Waals surface area contributed by atoms with Crippen LogP contribution in [0.5, 0.6) is 0 Å². The van der Waals surface area contributed by atoms with Crippen molar-refractivity contribution in [1.29, 1.82) is 0 Å². The predicted octanol–water partition coefficient (Wildman–Crippen LogP) is 0.0533. The third-order valence-electron chi connectivity index (χ3n) is 3.46. The first-order chi connectivity index (χ1) is 9.87. The maximum Gasteiger partial charge on any atom is 0.347 e. The summed E-state index contributed by atoms with van der Waals surface area (Å²) >= 11 is 0.935. The Morgan fingerprint density at radius 2 is 1.95 bits per heavy atom. The van der Waals surface area contributed by atoms with E-state index in [4.69, 9.17) is 10.2 Å². The molecule has 1 saturated heterocycles. The molecule has 0 saturated carbocycles. The zero-order valence-corrected chi connectivity index (χ0v) is 13.3. The summed E-state index contributed by atoms with van der Waals surface area (Å²) in [7, 11) is -3.79. The van der Waals surface area contributed by atoms with Gasteiger partial charge in [0.25, 0.3) is 0 Å². The maximum absolute atomic E-state index is 12.7. The maximum atomic E-state index is 12.7. The van der Waals surface area contributed by atoms with Crippen LogP contribution in [0, 0.1) is 6.92 Å². The molecule has 2 rings (SSSR count). The van der Waals surface area contributed by atoms with Crippen molar-refractivity contribution in [3.8, 4) is 0 Å². The Kier molecular flexibility index (Phi) is 4.99. The van der Waals surface area contributed by atoms with E-state index in [0.29, 0.717) is 38.3 Å². The van der Waals surface area contributed by atoms with Crippen LogP contribution in [0.25, 0.3) is 0 Å². The van der Waals surface area contributed by atoms with Gasteiger partial charge in [-0.15, -0.1) is 11.3 Å². The number of β-amino-alcohol motifs (C(OH)–C–C–N with tert-alkyl or cyclic N) is 1. The highest BCUT2D eigenvalue weighted by Gasteiger charge is 2.34. The van der Waals surface area contributed by atoms with Crippen LogP contribution in [0.15, 0.2) is 10.3 Å². The van der Waals surface area contributed by atoms with Gasteiger partial charge in [0.15, 0.2) is 0 Å². The number of piperazine rings is 1. The molecular formula is C12H18N2O5S2. The van der Waals surface area contributed by atoms with Crippen LogP contribution in [0.1, 0.15) is 15.2 Å². The van der Waals surface area contributed by atoms with E-state index in [0.717, 1.165) is 11.3 Å². The molecule has 0 spiro atoms. The smallest absolute Gasteiger partial charge is 0.347 e. The van der Waals surface area contributed by atoms with Crippen LogP contribution in [0.2, 0.25) is 0 Å². The molecule has 21 heavy (non-hydrogen) atoms. The number of hydrogen-bond acceptors (Lipinski definition) is 6. The summed E-state index contributed by atoms with van der Waals surface area (Å²) in [6.07, 6.45) is 0. The molecule has 1 aliphatic rings. The van der Waals surface area contributed by atoms with E-state index in [9.17, 15) is 13.2 Å². The van der Waals surface area contributed by atoms with E-state index in [1.165, 1.54) is 4.31 Å². The van der Waals surface area contributed by atoms with Gasteiger partial charge in [0.2, 0.25) is 10.0 Å². The number of aliphatic hydroxyl groups excluding tert-OH is 1. The Morgan fingerprint density at radius 3 is 2.48 bits per heavy atom. The first kappa shape index (κ1) is 16.4. The molecule has 0 unspecified atom stereocenters. The Bertz CT molecular complexity index is 618. The lowest BCUT2D eigenvalue weighted by Gasteiger charge is -2.33. The number of aromatic carboxylic acids is 1. The number of hydrogen-bond donors (Lipinski definition) is 2. The molecule has 118 valence electrons. The second kappa shape index (κ2) is 6.41. The van der Waals surface area contributed by atoms with Crippen molar-refractivity contribution in [1.82, 2.24) is 9.21 Å². The van der Waals surface area contributed by atoms with Crippen molar-refractivity contribution in [2.75, 3.05) is 39.3 Å². The van der Waals surface area contributed by atoms with Crippen molar-refractivity contribution in [2.45, 2.75) is 11.8 Å². The highest BCUT2D eigenvalue weighted by Crippen LogP contribution is 2.30. The van der Waals surface area contributed by atoms with Gasteiger partial charge in [0.05, 0.1) is 6.61 Å². The van der Waals surface area contributed by atoms with Crippen LogP contribution < -0.4 is 0 Å². The summed E-state index contributed by atoms with van der Waals surface area (Å²) in [5.41, 5.74) is 0.468. The summed E-state index contributed by atoms with van der Waals surface area (Å²) < 4.78 is 26.6. The summed E-state index contributed by atoms with van der Waals surface area (Å²) in [5.74, 6) is -1.22. The third kappa shape index (κ3) is 3.27. The van der Waals surface area contributed by atoms with Gasteiger partial charge in [-0.05, 0) is 17.9 Å².